The first kappa shape index (κ1) is 16.7. The van der Waals surface area contributed by atoms with E-state index in [2.05, 4.69) is 50.2 Å². The fraction of sp³-hybridized carbons (Fsp3) is 0.333. The van der Waals surface area contributed by atoms with Crippen molar-refractivity contribution in [3.05, 3.63) is 30.3 Å². The molecule has 1 fully saturated rings. The topological polar surface area (TPSA) is 82.3 Å². The number of ether oxygens (including phenoxy) is 2. The van der Waals surface area contributed by atoms with Gasteiger partial charge in [0.1, 0.15) is 5.69 Å². The average Bonchev–Trinajstić information content (AvgIpc) is 3.41. The van der Waals surface area contributed by atoms with Crippen molar-refractivity contribution in [2.75, 3.05) is 44.9 Å². The summed E-state index contributed by atoms with van der Waals surface area (Å²) in [5.41, 5.74) is 4.88. The summed E-state index contributed by atoms with van der Waals surface area (Å²) in [6.07, 6.45) is 1.18. The molecule has 6 rings (SSSR count). The molecule has 2 aromatic carbocycles. The van der Waals surface area contributed by atoms with Crippen molar-refractivity contribution in [3.63, 3.8) is 0 Å². The summed E-state index contributed by atoms with van der Waals surface area (Å²) in [4.78, 5) is 13.1. The number of aromatic nitrogens is 4. The number of anilines is 1. The van der Waals surface area contributed by atoms with Crippen LogP contribution >= 0.6 is 0 Å². The summed E-state index contributed by atoms with van der Waals surface area (Å²) in [6, 6.07) is 10.3. The molecule has 2 N–H and O–H groups in total. The van der Waals surface area contributed by atoms with Gasteiger partial charge in [0.2, 0.25) is 6.79 Å². The van der Waals surface area contributed by atoms with Gasteiger partial charge in [-0.25, -0.2) is 4.98 Å². The SMILES string of the molecule is CN1CCCN(c2ccc3nc(-c4n[nH]c5cc6c(cc45)OCO6)[nH]c3c2)CC1. The van der Waals surface area contributed by atoms with Crippen LogP contribution in [0.3, 0.4) is 0 Å². The Kier molecular flexibility index (Phi) is 3.67. The van der Waals surface area contributed by atoms with E-state index in [9.17, 15) is 0 Å². The Bertz CT molecular complexity index is 1210. The van der Waals surface area contributed by atoms with Crippen LogP contribution in [0.4, 0.5) is 5.69 Å². The molecule has 8 nitrogen and oxygen atoms in total. The van der Waals surface area contributed by atoms with E-state index in [0.29, 0.717) is 0 Å². The Labute approximate surface area is 167 Å². The standard InChI is InChI=1S/C21H22N6O2/c1-26-5-2-6-27(8-7-26)13-3-4-15-17(9-13)23-21(22-15)20-14-10-18-19(29-12-28-18)11-16(14)24-25-20/h3-4,9-11H,2,5-8,12H2,1H3,(H,22,23)(H,24,25). The molecular weight excluding hydrogens is 368 g/mol. The third-order valence-corrected chi connectivity index (χ3v) is 5.83. The Hall–Kier alpha value is -3.26. The zero-order valence-electron chi connectivity index (χ0n) is 16.2. The minimum atomic E-state index is 0.254. The molecule has 2 aliphatic heterocycles. The number of nitrogens with one attached hydrogen (secondary N) is 2. The molecule has 4 aromatic rings. The lowest BCUT2D eigenvalue weighted by Gasteiger charge is -2.22. The lowest BCUT2D eigenvalue weighted by molar-refractivity contribution is 0.174. The van der Waals surface area contributed by atoms with E-state index < -0.39 is 0 Å². The van der Waals surface area contributed by atoms with Crippen molar-refractivity contribution in [3.8, 4) is 23.0 Å². The van der Waals surface area contributed by atoms with Crippen LogP contribution in [0.2, 0.25) is 0 Å². The largest absolute Gasteiger partial charge is 0.454 e. The van der Waals surface area contributed by atoms with Gasteiger partial charge in [-0.15, -0.1) is 0 Å². The molecule has 0 spiro atoms. The van der Waals surface area contributed by atoms with E-state index in [-0.39, 0.29) is 6.79 Å². The number of hydrogen-bond donors (Lipinski definition) is 2. The van der Waals surface area contributed by atoms with Crippen LogP contribution < -0.4 is 14.4 Å². The highest BCUT2D eigenvalue weighted by Gasteiger charge is 2.20. The number of rotatable bonds is 2. The molecule has 0 saturated carbocycles. The van der Waals surface area contributed by atoms with Gasteiger partial charge in [0.25, 0.3) is 0 Å². The second-order valence-electron chi connectivity index (χ2n) is 7.75. The van der Waals surface area contributed by atoms with Crippen molar-refractivity contribution in [2.45, 2.75) is 6.42 Å². The number of fused-ring (bicyclic) bond motifs is 3. The molecule has 148 valence electrons. The number of H-pyrrole nitrogens is 2. The Morgan fingerprint density at radius 3 is 2.79 bits per heavy atom. The van der Waals surface area contributed by atoms with Crippen LogP contribution in [0.1, 0.15) is 6.42 Å². The zero-order valence-corrected chi connectivity index (χ0v) is 16.2. The highest BCUT2D eigenvalue weighted by molar-refractivity contribution is 5.95. The Balaban J connectivity index is 1.38. The van der Waals surface area contributed by atoms with Gasteiger partial charge in [-0.3, -0.25) is 5.10 Å². The fourth-order valence-corrected chi connectivity index (χ4v) is 4.20. The molecule has 2 aliphatic rings. The van der Waals surface area contributed by atoms with E-state index in [1.807, 2.05) is 12.1 Å². The van der Waals surface area contributed by atoms with Crippen LogP contribution in [0, 0.1) is 0 Å². The van der Waals surface area contributed by atoms with Crippen molar-refractivity contribution in [2.24, 2.45) is 0 Å². The molecule has 0 unspecified atom stereocenters. The maximum atomic E-state index is 5.52. The summed E-state index contributed by atoms with van der Waals surface area (Å²) < 4.78 is 11.0. The van der Waals surface area contributed by atoms with Gasteiger partial charge in [-0.2, -0.15) is 5.10 Å². The van der Waals surface area contributed by atoms with E-state index in [0.717, 1.165) is 71.1 Å². The third kappa shape index (κ3) is 2.79. The number of aromatic amines is 2. The first-order valence-corrected chi connectivity index (χ1v) is 9.96. The summed E-state index contributed by atoms with van der Waals surface area (Å²) in [5.74, 6) is 2.23. The third-order valence-electron chi connectivity index (χ3n) is 5.83. The number of nitrogens with zero attached hydrogens (tertiary/aromatic N) is 4. The predicted octanol–water partition coefficient (Wildman–Crippen LogP) is 2.98. The van der Waals surface area contributed by atoms with E-state index in [1.54, 1.807) is 0 Å². The van der Waals surface area contributed by atoms with Gasteiger partial charge in [0.15, 0.2) is 17.3 Å². The van der Waals surface area contributed by atoms with Gasteiger partial charge in [-0.1, -0.05) is 0 Å². The molecule has 0 bridgehead atoms. The van der Waals surface area contributed by atoms with Crippen molar-refractivity contribution < 1.29 is 9.47 Å². The lowest BCUT2D eigenvalue weighted by atomic mass is 10.2. The first-order valence-electron chi connectivity index (χ1n) is 9.96. The summed E-state index contributed by atoms with van der Waals surface area (Å²) in [6.45, 7) is 4.61. The predicted molar refractivity (Wildman–Crippen MR) is 112 cm³/mol. The van der Waals surface area contributed by atoms with Crippen molar-refractivity contribution in [1.82, 2.24) is 25.1 Å². The van der Waals surface area contributed by atoms with Gasteiger partial charge in [0.05, 0.1) is 16.6 Å². The second-order valence-corrected chi connectivity index (χ2v) is 7.75. The highest BCUT2D eigenvalue weighted by atomic mass is 16.7. The van der Waals surface area contributed by atoms with Crippen LogP contribution in [-0.2, 0) is 0 Å². The molecule has 29 heavy (non-hydrogen) atoms. The fourth-order valence-electron chi connectivity index (χ4n) is 4.20. The first-order chi connectivity index (χ1) is 14.2. The van der Waals surface area contributed by atoms with Gasteiger partial charge >= 0.3 is 0 Å². The van der Waals surface area contributed by atoms with Gasteiger partial charge < -0.3 is 24.3 Å². The van der Waals surface area contributed by atoms with Crippen molar-refractivity contribution >= 4 is 27.6 Å². The van der Waals surface area contributed by atoms with E-state index >= 15 is 0 Å². The molecule has 0 aliphatic carbocycles. The summed E-state index contributed by atoms with van der Waals surface area (Å²) >= 11 is 0. The lowest BCUT2D eigenvalue weighted by Crippen LogP contribution is -2.28. The Morgan fingerprint density at radius 1 is 0.966 bits per heavy atom. The quantitative estimate of drug-likeness (QED) is 0.548. The second kappa shape index (κ2) is 6.38. The maximum Gasteiger partial charge on any atom is 0.231 e. The molecule has 0 atom stereocenters. The number of benzene rings is 2. The van der Waals surface area contributed by atoms with Gasteiger partial charge in [0, 0.05) is 36.8 Å². The van der Waals surface area contributed by atoms with E-state index in [1.165, 1.54) is 12.1 Å². The molecule has 1 saturated heterocycles. The van der Waals surface area contributed by atoms with Crippen LogP contribution in [-0.4, -0.2) is 65.1 Å². The van der Waals surface area contributed by atoms with Crippen LogP contribution in [0.15, 0.2) is 30.3 Å². The number of hydrogen-bond acceptors (Lipinski definition) is 6. The summed E-state index contributed by atoms with van der Waals surface area (Å²) in [7, 11) is 2.19. The van der Waals surface area contributed by atoms with Crippen LogP contribution in [0.5, 0.6) is 11.5 Å². The average molecular weight is 390 g/mol. The molecule has 4 heterocycles. The molecule has 2 aromatic heterocycles. The van der Waals surface area contributed by atoms with Gasteiger partial charge in [-0.05, 0) is 44.3 Å². The molecule has 8 heteroatoms. The molecular formula is C21H22N6O2. The summed E-state index contributed by atoms with van der Waals surface area (Å²) in [5, 5.41) is 8.53. The Morgan fingerprint density at radius 2 is 1.86 bits per heavy atom. The number of imidazole rings is 1. The van der Waals surface area contributed by atoms with E-state index in [4.69, 9.17) is 14.5 Å². The highest BCUT2D eigenvalue weighted by Crippen LogP contribution is 2.38. The molecule has 0 amide bonds. The minimum absolute atomic E-state index is 0.254. The van der Waals surface area contributed by atoms with Crippen molar-refractivity contribution in [1.29, 1.82) is 0 Å². The maximum absolute atomic E-state index is 5.52. The smallest absolute Gasteiger partial charge is 0.231 e. The minimum Gasteiger partial charge on any atom is -0.454 e. The molecule has 0 radical (unpaired) electrons. The number of likely N-dealkylation sites (N-methyl/N-ethyl adjacent to an activating group) is 1. The zero-order chi connectivity index (χ0) is 19.4. The monoisotopic (exact) mass is 390 g/mol. The normalized spacial score (nSPS) is 17.3. The van der Waals surface area contributed by atoms with Crippen LogP contribution in [0.25, 0.3) is 33.5 Å².